The number of rotatable bonds is 4. The Morgan fingerprint density at radius 1 is 1.47 bits per heavy atom. The van der Waals surface area contributed by atoms with Crippen molar-refractivity contribution in [2.45, 2.75) is 6.61 Å². The molecular weight excluding hydrogens is 196 g/mol. The number of nitriles is 1. The molecule has 0 saturated carbocycles. The number of carboxylic acid groups (broad SMARTS) is 1. The van der Waals surface area contributed by atoms with Crippen LogP contribution in [-0.4, -0.2) is 16.8 Å². The molecule has 1 aromatic rings. The van der Waals surface area contributed by atoms with Crippen LogP contribution in [0.15, 0.2) is 35.5 Å². The van der Waals surface area contributed by atoms with Crippen molar-refractivity contribution in [3.05, 3.63) is 35.9 Å². The van der Waals surface area contributed by atoms with Crippen LogP contribution in [0.25, 0.3) is 0 Å². The van der Waals surface area contributed by atoms with Crippen LogP contribution < -0.4 is 0 Å². The third-order valence-electron chi connectivity index (χ3n) is 1.54. The predicted octanol–water partition coefficient (Wildman–Crippen LogP) is 1.17. The molecule has 0 spiro atoms. The molecule has 0 radical (unpaired) electrons. The number of carboxylic acids is 1. The zero-order valence-corrected chi connectivity index (χ0v) is 7.75. The van der Waals surface area contributed by atoms with Gasteiger partial charge in [-0.15, -0.1) is 0 Å². The quantitative estimate of drug-likeness (QED) is 0.589. The number of carbonyl (C=O) groups is 1. The standard InChI is InChI=1S/C10H8N2O3/c11-6-9(10(13)14)12-15-7-8-4-2-1-3-5-8/h1-5H,7H2,(H,13,14)/b12-9-. The van der Waals surface area contributed by atoms with E-state index in [9.17, 15) is 4.79 Å². The number of hydrogen-bond donors (Lipinski definition) is 1. The van der Waals surface area contributed by atoms with Crippen LogP contribution >= 0.6 is 0 Å². The molecule has 1 rings (SSSR count). The van der Waals surface area contributed by atoms with Gasteiger partial charge in [-0.25, -0.2) is 4.79 Å². The van der Waals surface area contributed by atoms with Gasteiger partial charge in [0.1, 0.15) is 12.7 Å². The van der Waals surface area contributed by atoms with E-state index in [1.54, 1.807) is 0 Å². The molecule has 5 nitrogen and oxygen atoms in total. The average molecular weight is 204 g/mol. The number of aliphatic carboxylic acids is 1. The first-order valence-electron chi connectivity index (χ1n) is 4.11. The van der Waals surface area contributed by atoms with E-state index in [1.165, 1.54) is 6.07 Å². The Hall–Kier alpha value is -2.35. The topological polar surface area (TPSA) is 82.7 Å². The summed E-state index contributed by atoms with van der Waals surface area (Å²) in [5.41, 5.74) is 0.190. The lowest BCUT2D eigenvalue weighted by Gasteiger charge is -1.98. The third kappa shape index (κ3) is 3.48. The highest BCUT2D eigenvalue weighted by molar-refractivity contribution is 6.42. The molecule has 5 heteroatoms. The van der Waals surface area contributed by atoms with Crippen molar-refractivity contribution in [1.29, 1.82) is 5.26 Å². The molecule has 0 aliphatic rings. The van der Waals surface area contributed by atoms with Crippen molar-refractivity contribution in [1.82, 2.24) is 0 Å². The van der Waals surface area contributed by atoms with E-state index >= 15 is 0 Å². The molecule has 0 saturated heterocycles. The molecular formula is C10H8N2O3. The molecule has 15 heavy (non-hydrogen) atoms. The van der Waals surface area contributed by atoms with Gasteiger partial charge in [-0.1, -0.05) is 35.5 Å². The third-order valence-corrected chi connectivity index (χ3v) is 1.54. The number of benzene rings is 1. The van der Waals surface area contributed by atoms with Crippen molar-refractivity contribution in [2.75, 3.05) is 0 Å². The van der Waals surface area contributed by atoms with E-state index in [0.717, 1.165) is 5.56 Å². The van der Waals surface area contributed by atoms with Crippen molar-refractivity contribution < 1.29 is 14.7 Å². The first-order valence-corrected chi connectivity index (χ1v) is 4.11. The first-order chi connectivity index (χ1) is 7.24. The summed E-state index contributed by atoms with van der Waals surface area (Å²) in [7, 11) is 0. The average Bonchev–Trinajstić information content (AvgIpc) is 2.25. The minimum Gasteiger partial charge on any atom is -0.476 e. The summed E-state index contributed by atoms with van der Waals surface area (Å²) in [4.78, 5) is 15.1. The number of oxime groups is 1. The zero-order chi connectivity index (χ0) is 11.1. The lowest BCUT2D eigenvalue weighted by atomic mass is 10.2. The molecule has 0 atom stereocenters. The Balaban J connectivity index is 2.52. The Bertz CT molecular complexity index is 406. The van der Waals surface area contributed by atoms with Crippen molar-refractivity contribution in [3.63, 3.8) is 0 Å². The lowest BCUT2D eigenvalue weighted by molar-refractivity contribution is -0.129. The summed E-state index contributed by atoms with van der Waals surface area (Å²) in [6, 6.07) is 10.5. The van der Waals surface area contributed by atoms with Gasteiger partial charge < -0.3 is 9.94 Å². The number of hydrogen-bond acceptors (Lipinski definition) is 4. The highest BCUT2D eigenvalue weighted by Crippen LogP contribution is 2.00. The SMILES string of the molecule is N#C/C(=N/OCc1ccccc1)C(=O)O. The fraction of sp³-hybridized carbons (Fsp3) is 0.100. The molecule has 0 fully saturated rings. The Kier molecular flexibility index (Phi) is 3.86. The van der Waals surface area contributed by atoms with Crippen LogP contribution in [0.4, 0.5) is 0 Å². The van der Waals surface area contributed by atoms with Crippen LogP contribution in [-0.2, 0) is 16.2 Å². The summed E-state index contributed by atoms with van der Waals surface area (Å²) in [6.07, 6.45) is 0. The Morgan fingerprint density at radius 2 is 2.13 bits per heavy atom. The van der Waals surface area contributed by atoms with Gasteiger partial charge in [0.05, 0.1) is 0 Å². The molecule has 0 heterocycles. The van der Waals surface area contributed by atoms with Crippen molar-refractivity contribution >= 4 is 11.7 Å². The van der Waals surface area contributed by atoms with Gasteiger partial charge in [-0.3, -0.25) is 0 Å². The summed E-state index contributed by atoms with van der Waals surface area (Å²) in [6.45, 7) is 0.138. The molecule has 1 N–H and O–H groups in total. The van der Waals surface area contributed by atoms with E-state index in [0.29, 0.717) is 0 Å². The minimum atomic E-state index is -1.40. The second kappa shape index (κ2) is 5.40. The molecule has 0 aliphatic carbocycles. The second-order valence-electron chi connectivity index (χ2n) is 2.62. The van der Waals surface area contributed by atoms with Gasteiger partial charge >= 0.3 is 5.97 Å². The van der Waals surface area contributed by atoms with Crippen LogP contribution in [0.1, 0.15) is 5.56 Å². The van der Waals surface area contributed by atoms with Gasteiger partial charge in [-0.05, 0) is 5.56 Å². The summed E-state index contributed by atoms with van der Waals surface area (Å²) in [5.74, 6) is -1.40. The zero-order valence-electron chi connectivity index (χ0n) is 7.75. The maximum Gasteiger partial charge on any atom is 0.369 e. The van der Waals surface area contributed by atoms with Crippen LogP contribution in [0.3, 0.4) is 0 Å². The summed E-state index contributed by atoms with van der Waals surface area (Å²) >= 11 is 0. The van der Waals surface area contributed by atoms with E-state index in [-0.39, 0.29) is 6.61 Å². The molecule has 0 amide bonds. The van der Waals surface area contributed by atoms with Crippen LogP contribution in [0.5, 0.6) is 0 Å². The van der Waals surface area contributed by atoms with E-state index in [1.807, 2.05) is 30.3 Å². The fourth-order valence-corrected chi connectivity index (χ4v) is 0.853. The van der Waals surface area contributed by atoms with Crippen molar-refractivity contribution in [2.24, 2.45) is 5.16 Å². The van der Waals surface area contributed by atoms with Crippen molar-refractivity contribution in [3.8, 4) is 6.07 Å². The number of nitrogens with zero attached hydrogens (tertiary/aromatic N) is 2. The highest BCUT2D eigenvalue weighted by atomic mass is 16.6. The summed E-state index contributed by atoms with van der Waals surface area (Å²) < 4.78 is 0. The fourth-order valence-electron chi connectivity index (χ4n) is 0.853. The van der Waals surface area contributed by atoms with Gasteiger partial charge in [-0.2, -0.15) is 5.26 Å². The molecule has 1 aromatic carbocycles. The Labute approximate surface area is 86.2 Å². The van der Waals surface area contributed by atoms with Gasteiger partial charge in [0.15, 0.2) is 0 Å². The highest BCUT2D eigenvalue weighted by Gasteiger charge is 2.07. The predicted molar refractivity (Wildman–Crippen MR) is 51.9 cm³/mol. The molecule has 0 aromatic heterocycles. The minimum absolute atomic E-state index is 0.138. The smallest absolute Gasteiger partial charge is 0.369 e. The monoisotopic (exact) mass is 204 g/mol. The maximum absolute atomic E-state index is 10.3. The molecule has 0 aliphatic heterocycles. The molecule has 0 unspecified atom stereocenters. The normalized spacial score (nSPS) is 10.5. The van der Waals surface area contributed by atoms with Crippen LogP contribution in [0.2, 0.25) is 0 Å². The first kappa shape index (κ1) is 10.7. The van der Waals surface area contributed by atoms with Gasteiger partial charge in [0, 0.05) is 0 Å². The largest absolute Gasteiger partial charge is 0.476 e. The molecule has 0 bridgehead atoms. The molecule has 76 valence electrons. The van der Waals surface area contributed by atoms with E-state index in [4.69, 9.17) is 15.2 Å². The maximum atomic E-state index is 10.3. The Morgan fingerprint density at radius 3 is 2.67 bits per heavy atom. The lowest BCUT2D eigenvalue weighted by Crippen LogP contribution is -2.10. The van der Waals surface area contributed by atoms with Gasteiger partial charge in [0.25, 0.3) is 5.71 Å². The van der Waals surface area contributed by atoms with E-state index < -0.39 is 11.7 Å². The summed E-state index contributed by atoms with van der Waals surface area (Å²) in [5, 5.41) is 20.0. The van der Waals surface area contributed by atoms with E-state index in [2.05, 4.69) is 5.16 Å². The van der Waals surface area contributed by atoms with Gasteiger partial charge in [0.2, 0.25) is 0 Å². The second-order valence-corrected chi connectivity index (χ2v) is 2.62. The van der Waals surface area contributed by atoms with Crippen LogP contribution in [0, 0.1) is 11.3 Å².